The van der Waals surface area contributed by atoms with Crippen LogP contribution in [0.4, 0.5) is 13.2 Å². The summed E-state index contributed by atoms with van der Waals surface area (Å²) in [5, 5.41) is 1.25. The molecule has 1 saturated heterocycles. The molecule has 0 unspecified atom stereocenters. The van der Waals surface area contributed by atoms with Crippen molar-refractivity contribution < 1.29 is 27.5 Å². The van der Waals surface area contributed by atoms with Gasteiger partial charge in [0.1, 0.15) is 11.5 Å². The van der Waals surface area contributed by atoms with Gasteiger partial charge in [0.2, 0.25) is 0 Å². The van der Waals surface area contributed by atoms with E-state index in [1.165, 1.54) is 12.1 Å². The van der Waals surface area contributed by atoms with Gasteiger partial charge in [-0.2, -0.15) is 0 Å². The maximum Gasteiger partial charge on any atom is 0.573 e. The number of alkyl halides is 3. The van der Waals surface area contributed by atoms with Crippen molar-refractivity contribution in [3.63, 3.8) is 0 Å². The van der Waals surface area contributed by atoms with Crippen LogP contribution in [-0.4, -0.2) is 40.6 Å². The highest BCUT2D eigenvalue weighted by molar-refractivity contribution is 6.38. The van der Waals surface area contributed by atoms with Crippen LogP contribution >= 0.6 is 23.2 Å². The summed E-state index contributed by atoms with van der Waals surface area (Å²) in [6, 6.07) is 5.95. The van der Waals surface area contributed by atoms with E-state index in [2.05, 4.69) is 4.74 Å². The standard InChI is InChI=1S/C27H27Cl2F3N2O3/c1-15-10-19(37-27(30,31)32)12-21-16(2)13-34(25(15)21)14-22-23(28)5-4-20(24(22)29)26(36)33-8-6-18(7-9-33)11-17(3)35/h4-5,10,12-13,18H,6-9,11,14H2,1-3H3. The van der Waals surface area contributed by atoms with Gasteiger partial charge in [-0.1, -0.05) is 23.2 Å². The molecule has 5 nitrogen and oxygen atoms in total. The Morgan fingerprint density at radius 1 is 1.08 bits per heavy atom. The largest absolute Gasteiger partial charge is 0.573 e. The molecule has 37 heavy (non-hydrogen) atoms. The monoisotopic (exact) mass is 554 g/mol. The number of ether oxygens (including phenoxy) is 1. The highest BCUT2D eigenvalue weighted by Crippen LogP contribution is 2.35. The summed E-state index contributed by atoms with van der Waals surface area (Å²) < 4.78 is 44.3. The minimum Gasteiger partial charge on any atom is -0.406 e. The molecule has 1 fully saturated rings. The first-order chi connectivity index (χ1) is 17.3. The van der Waals surface area contributed by atoms with Crippen molar-refractivity contribution in [1.82, 2.24) is 9.47 Å². The first-order valence-corrected chi connectivity index (χ1v) is 12.7. The maximum atomic E-state index is 13.3. The third kappa shape index (κ3) is 6.07. The number of benzene rings is 2. The molecule has 0 aliphatic carbocycles. The molecule has 2 heterocycles. The average molecular weight is 555 g/mol. The topological polar surface area (TPSA) is 51.5 Å². The van der Waals surface area contributed by atoms with Crippen molar-refractivity contribution in [2.24, 2.45) is 5.92 Å². The van der Waals surface area contributed by atoms with E-state index in [4.69, 9.17) is 23.2 Å². The molecule has 3 aromatic rings. The second-order valence-electron chi connectivity index (χ2n) is 9.65. The molecule has 1 aliphatic heterocycles. The van der Waals surface area contributed by atoms with Gasteiger partial charge in [-0.05, 0) is 74.9 Å². The number of rotatable bonds is 6. The number of hydrogen-bond acceptors (Lipinski definition) is 3. The number of hydrogen-bond donors (Lipinski definition) is 0. The van der Waals surface area contributed by atoms with Crippen molar-refractivity contribution in [3.05, 3.63) is 62.8 Å². The Labute approximate surface area is 223 Å². The average Bonchev–Trinajstić information content (AvgIpc) is 3.10. The molecular weight excluding hydrogens is 528 g/mol. The van der Waals surface area contributed by atoms with E-state index in [9.17, 15) is 22.8 Å². The van der Waals surface area contributed by atoms with Gasteiger partial charge in [0, 0.05) is 41.7 Å². The number of carbonyl (C=O) groups excluding carboxylic acids is 2. The lowest BCUT2D eigenvalue weighted by Gasteiger charge is -2.32. The Bertz CT molecular complexity index is 1360. The molecule has 4 rings (SSSR count). The Balaban J connectivity index is 1.62. The van der Waals surface area contributed by atoms with Gasteiger partial charge in [-0.3, -0.25) is 4.79 Å². The first kappa shape index (κ1) is 27.3. The molecule has 0 bridgehead atoms. The number of nitrogens with zero attached hydrogens (tertiary/aromatic N) is 2. The molecule has 2 aromatic carbocycles. The predicted octanol–water partition coefficient (Wildman–Crippen LogP) is 7.34. The summed E-state index contributed by atoms with van der Waals surface area (Å²) in [5.74, 6) is -0.0347. The van der Waals surface area contributed by atoms with Crippen LogP contribution in [-0.2, 0) is 11.3 Å². The molecule has 0 atom stereocenters. The molecule has 0 spiro atoms. The zero-order valence-electron chi connectivity index (χ0n) is 20.7. The number of ketones is 1. The number of piperidine rings is 1. The molecule has 198 valence electrons. The van der Waals surface area contributed by atoms with Crippen molar-refractivity contribution in [1.29, 1.82) is 0 Å². The predicted molar refractivity (Wildman–Crippen MR) is 138 cm³/mol. The van der Waals surface area contributed by atoms with Gasteiger partial charge >= 0.3 is 6.36 Å². The van der Waals surface area contributed by atoms with Crippen LogP contribution < -0.4 is 4.74 Å². The number of aryl methyl sites for hydroxylation is 2. The lowest BCUT2D eigenvalue weighted by atomic mass is 9.91. The second-order valence-corrected chi connectivity index (χ2v) is 10.4. The van der Waals surface area contributed by atoms with Gasteiger partial charge in [-0.25, -0.2) is 0 Å². The van der Waals surface area contributed by atoms with Crippen LogP contribution in [0.15, 0.2) is 30.5 Å². The Kier molecular flexibility index (Phi) is 7.81. The summed E-state index contributed by atoms with van der Waals surface area (Å²) >= 11 is 13.2. The summed E-state index contributed by atoms with van der Waals surface area (Å²) in [6.45, 7) is 6.42. The number of carbonyl (C=O) groups is 2. The van der Waals surface area contributed by atoms with Crippen LogP contribution in [0.3, 0.4) is 0 Å². The van der Waals surface area contributed by atoms with E-state index < -0.39 is 6.36 Å². The SMILES string of the molecule is CC(=O)CC1CCN(C(=O)c2ccc(Cl)c(Cn3cc(C)c4cc(OC(F)(F)F)cc(C)c43)c2Cl)CC1. The van der Waals surface area contributed by atoms with Crippen LogP contribution in [0.5, 0.6) is 5.75 Å². The van der Waals surface area contributed by atoms with Crippen molar-refractivity contribution in [3.8, 4) is 5.75 Å². The van der Waals surface area contributed by atoms with Gasteiger partial charge < -0.3 is 19.0 Å². The Morgan fingerprint density at radius 2 is 1.76 bits per heavy atom. The first-order valence-electron chi connectivity index (χ1n) is 12.0. The Morgan fingerprint density at radius 3 is 2.38 bits per heavy atom. The van der Waals surface area contributed by atoms with Gasteiger partial charge in [0.25, 0.3) is 5.91 Å². The van der Waals surface area contributed by atoms with E-state index in [0.29, 0.717) is 46.6 Å². The second kappa shape index (κ2) is 10.6. The van der Waals surface area contributed by atoms with Crippen LogP contribution in [0.1, 0.15) is 53.2 Å². The van der Waals surface area contributed by atoms with Crippen molar-refractivity contribution >= 4 is 45.8 Å². The van der Waals surface area contributed by atoms with Crippen LogP contribution in [0.2, 0.25) is 10.0 Å². The summed E-state index contributed by atoms with van der Waals surface area (Å²) in [6.07, 6.45) is -0.917. The smallest absolute Gasteiger partial charge is 0.406 e. The van der Waals surface area contributed by atoms with Gasteiger partial charge in [0.05, 0.1) is 22.6 Å². The number of Topliss-reactive ketones (excluding diaryl/α,β-unsaturated/α-hetero) is 1. The molecule has 0 N–H and O–H groups in total. The van der Waals surface area contributed by atoms with Gasteiger partial charge in [-0.15, -0.1) is 13.2 Å². The molecule has 1 aliphatic rings. The van der Waals surface area contributed by atoms with Crippen LogP contribution in [0, 0.1) is 19.8 Å². The number of halogens is 5. The van der Waals surface area contributed by atoms with Crippen molar-refractivity contribution in [2.75, 3.05) is 13.1 Å². The van der Waals surface area contributed by atoms with Gasteiger partial charge in [0.15, 0.2) is 0 Å². The molecule has 0 saturated carbocycles. The fraction of sp³-hybridized carbons (Fsp3) is 0.407. The normalized spacial score (nSPS) is 14.9. The van der Waals surface area contributed by atoms with E-state index in [0.717, 1.165) is 23.9 Å². The number of aromatic nitrogens is 1. The summed E-state index contributed by atoms with van der Waals surface area (Å²) in [5.41, 5.74) is 2.98. The summed E-state index contributed by atoms with van der Waals surface area (Å²) in [4.78, 5) is 26.5. The molecule has 10 heteroatoms. The molecule has 1 aromatic heterocycles. The van der Waals surface area contributed by atoms with Crippen LogP contribution in [0.25, 0.3) is 10.9 Å². The third-order valence-corrected chi connectivity index (χ3v) is 7.58. The molecule has 1 amide bonds. The van der Waals surface area contributed by atoms with E-state index in [1.807, 2.05) is 10.8 Å². The van der Waals surface area contributed by atoms with E-state index in [-0.39, 0.29) is 34.9 Å². The minimum absolute atomic E-state index is 0.155. The highest BCUT2D eigenvalue weighted by Gasteiger charge is 2.32. The fourth-order valence-electron chi connectivity index (χ4n) is 5.11. The summed E-state index contributed by atoms with van der Waals surface area (Å²) in [7, 11) is 0. The number of fused-ring (bicyclic) bond motifs is 1. The lowest BCUT2D eigenvalue weighted by Crippen LogP contribution is -2.39. The molecule has 0 radical (unpaired) electrons. The van der Waals surface area contributed by atoms with E-state index in [1.54, 1.807) is 37.8 Å². The van der Waals surface area contributed by atoms with E-state index >= 15 is 0 Å². The Hall–Kier alpha value is -2.71. The zero-order chi connectivity index (χ0) is 27.1. The fourth-order valence-corrected chi connectivity index (χ4v) is 5.68. The quantitative estimate of drug-likeness (QED) is 0.320. The lowest BCUT2D eigenvalue weighted by molar-refractivity contribution is -0.274. The highest BCUT2D eigenvalue weighted by atomic mass is 35.5. The number of amides is 1. The zero-order valence-corrected chi connectivity index (χ0v) is 22.2. The number of likely N-dealkylation sites (tertiary alicyclic amines) is 1. The van der Waals surface area contributed by atoms with Crippen molar-refractivity contribution in [2.45, 2.75) is 52.9 Å². The third-order valence-electron chi connectivity index (χ3n) is 6.79. The minimum atomic E-state index is -4.78. The molecular formula is C27H27Cl2F3N2O3. The maximum absolute atomic E-state index is 13.3.